The zero-order chi connectivity index (χ0) is 19.3. The molecule has 1 atom stereocenters. The van der Waals surface area contributed by atoms with Gasteiger partial charge < -0.3 is 14.5 Å². The molecule has 5 nitrogen and oxygen atoms in total. The summed E-state index contributed by atoms with van der Waals surface area (Å²) in [7, 11) is 0. The third kappa shape index (κ3) is 4.31. The molecule has 2 aliphatic rings. The number of aromatic nitrogens is 1. The van der Waals surface area contributed by atoms with Gasteiger partial charge >= 0.3 is 0 Å². The van der Waals surface area contributed by atoms with E-state index in [4.69, 9.17) is 16.3 Å². The van der Waals surface area contributed by atoms with E-state index >= 15 is 0 Å². The van der Waals surface area contributed by atoms with Crippen LogP contribution in [0, 0.1) is 0 Å². The minimum absolute atomic E-state index is 0.00438. The zero-order valence-electron chi connectivity index (χ0n) is 16.0. The number of halogens is 1. The van der Waals surface area contributed by atoms with E-state index in [-0.39, 0.29) is 12.0 Å². The third-order valence-electron chi connectivity index (χ3n) is 5.53. The highest BCUT2D eigenvalue weighted by molar-refractivity contribution is 6.31. The van der Waals surface area contributed by atoms with Crippen LogP contribution in [0.25, 0.3) is 0 Å². The number of carbonyl (C=O) groups excluding carboxylic acids is 1. The van der Waals surface area contributed by atoms with E-state index in [2.05, 4.69) is 9.88 Å². The lowest BCUT2D eigenvalue weighted by molar-refractivity contribution is -0.0227. The maximum atomic E-state index is 13.0. The molecule has 0 bridgehead atoms. The van der Waals surface area contributed by atoms with Gasteiger partial charge in [-0.3, -0.25) is 4.79 Å². The summed E-state index contributed by atoms with van der Waals surface area (Å²) in [5.41, 5.74) is 1.55. The molecule has 2 aliphatic heterocycles. The van der Waals surface area contributed by atoms with Crippen molar-refractivity contribution < 1.29 is 9.53 Å². The van der Waals surface area contributed by atoms with Crippen LogP contribution in [0.4, 0.5) is 5.82 Å². The molecular weight excluding hydrogens is 374 g/mol. The highest BCUT2D eigenvalue weighted by Gasteiger charge is 2.27. The molecule has 0 unspecified atom stereocenters. The second-order valence-corrected chi connectivity index (χ2v) is 7.85. The van der Waals surface area contributed by atoms with Crippen molar-refractivity contribution in [3.8, 4) is 0 Å². The molecule has 6 heteroatoms. The van der Waals surface area contributed by atoms with E-state index in [1.54, 1.807) is 6.20 Å². The van der Waals surface area contributed by atoms with Gasteiger partial charge in [0.05, 0.1) is 18.7 Å². The smallest absolute Gasteiger partial charge is 0.255 e. The predicted molar refractivity (Wildman–Crippen MR) is 111 cm³/mol. The van der Waals surface area contributed by atoms with Crippen LogP contribution in [-0.4, -0.2) is 48.6 Å². The summed E-state index contributed by atoms with van der Waals surface area (Å²) < 4.78 is 5.87. The van der Waals surface area contributed by atoms with Crippen LogP contribution in [0.3, 0.4) is 0 Å². The normalized spacial score (nSPS) is 20.7. The zero-order valence-corrected chi connectivity index (χ0v) is 16.8. The Bertz CT molecular complexity index is 804. The second kappa shape index (κ2) is 8.93. The molecule has 0 radical (unpaired) electrons. The molecule has 28 heavy (non-hydrogen) atoms. The van der Waals surface area contributed by atoms with Gasteiger partial charge in [0, 0.05) is 36.4 Å². The average Bonchev–Trinajstić information content (AvgIpc) is 3.03. The van der Waals surface area contributed by atoms with E-state index in [1.165, 1.54) is 25.7 Å². The van der Waals surface area contributed by atoms with Crippen molar-refractivity contribution in [1.82, 2.24) is 9.88 Å². The number of nitrogens with zero attached hydrogens (tertiary/aromatic N) is 3. The molecule has 0 saturated carbocycles. The molecule has 148 valence electrons. The number of morpholine rings is 1. The van der Waals surface area contributed by atoms with Crippen LogP contribution in [0.15, 0.2) is 42.6 Å². The number of amides is 1. The predicted octanol–water partition coefficient (Wildman–Crippen LogP) is 4.33. The lowest BCUT2D eigenvalue weighted by Gasteiger charge is -2.33. The Balaban J connectivity index is 1.44. The summed E-state index contributed by atoms with van der Waals surface area (Å²) in [5, 5.41) is 0.672. The van der Waals surface area contributed by atoms with Gasteiger partial charge in [0.25, 0.3) is 5.91 Å². The van der Waals surface area contributed by atoms with Crippen LogP contribution in [-0.2, 0) is 4.74 Å². The Morgan fingerprint density at radius 3 is 2.54 bits per heavy atom. The highest BCUT2D eigenvalue weighted by atomic mass is 35.5. The number of hydrogen-bond acceptors (Lipinski definition) is 4. The fraction of sp³-hybridized carbons (Fsp3) is 0.455. The van der Waals surface area contributed by atoms with Crippen LogP contribution in [0.5, 0.6) is 0 Å². The average molecular weight is 400 g/mol. The molecule has 4 rings (SSSR count). The monoisotopic (exact) mass is 399 g/mol. The van der Waals surface area contributed by atoms with Crippen LogP contribution < -0.4 is 4.90 Å². The summed E-state index contributed by atoms with van der Waals surface area (Å²) in [6.45, 7) is 3.66. The molecule has 2 aromatic rings. The van der Waals surface area contributed by atoms with Crippen molar-refractivity contribution in [1.29, 1.82) is 0 Å². The van der Waals surface area contributed by atoms with Crippen molar-refractivity contribution in [2.45, 2.75) is 31.8 Å². The van der Waals surface area contributed by atoms with Crippen molar-refractivity contribution in [2.75, 3.05) is 37.7 Å². The van der Waals surface area contributed by atoms with Gasteiger partial charge in [0.2, 0.25) is 0 Å². The van der Waals surface area contributed by atoms with E-state index in [1.807, 2.05) is 41.3 Å². The van der Waals surface area contributed by atoms with Crippen molar-refractivity contribution in [3.63, 3.8) is 0 Å². The van der Waals surface area contributed by atoms with E-state index in [9.17, 15) is 4.79 Å². The SMILES string of the molecule is O=C(c1ccc(N2CCCCCC2)nc1)N1CCO[C@@H](c2ccccc2Cl)C1. The number of benzene rings is 1. The number of hydrogen-bond donors (Lipinski definition) is 0. The number of ether oxygens (including phenoxy) is 1. The van der Waals surface area contributed by atoms with Gasteiger partial charge in [0.1, 0.15) is 11.9 Å². The number of anilines is 1. The summed E-state index contributed by atoms with van der Waals surface area (Å²) in [6.07, 6.45) is 6.51. The van der Waals surface area contributed by atoms with Gasteiger partial charge in [-0.15, -0.1) is 0 Å². The minimum atomic E-state index is -0.198. The maximum Gasteiger partial charge on any atom is 0.255 e. The Morgan fingerprint density at radius 1 is 1.04 bits per heavy atom. The number of rotatable bonds is 3. The van der Waals surface area contributed by atoms with Gasteiger partial charge in [0.15, 0.2) is 0 Å². The standard InChI is InChI=1S/C22H26ClN3O2/c23-19-8-4-3-7-18(19)20-16-26(13-14-28-20)22(27)17-9-10-21(24-15-17)25-11-5-1-2-6-12-25/h3-4,7-10,15,20H,1-2,5-6,11-14,16H2/t20-/m1/s1. The molecule has 1 aromatic carbocycles. The van der Waals surface area contributed by atoms with Gasteiger partial charge in [-0.1, -0.05) is 42.6 Å². The summed E-state index contributed by atoms with van der Waals surface area (Å²) in [4.78, 5) is 21.7. The third-order valence-corrected chi connectivity index (χ3v) is 5.87. The fourth-order valence-electron chi connectivity index (χ4n) is 3.94. The van der Waals surface area contributed by atoms with Crippen molar-refractivity contribution in [2.24, 2.45) is 0 Å². The number of carbonyl (C=O) groups is 1. The van der Waals surface area contributed by atoms with Crippen LogP contribution in [0.2, 0.25) is 5.02 Å². The second-order valence-electron chi connectivity index (χ2n) is 7.44. The van der Waals surface area contributed by atoms with Gasteiger partial charge in [-0.2, -0.15) is 0 Å². The van der Waals surface area contributed by atoms with Crippen LogP contribution >= 0.6 is 11.6 Å². The topological polar surface area (TPSA) is 45.7 Å². The quantitative estimate of drug-likeness (QED) is 0.770. The Morgan fingerprint density at radius 2 is 1.82 bits per heavy atom. The summed E-state index contributed by atoms with van der Waals surface area (Å²) in [5.74, 6) is 0.963. The van der Waals surface area contributed by atoms with E-state index < -0.39 is 0 Å². The van der Waals surface area contributed by atoms with Crippen LogP contribution in [0.1, 0.15) is 47.7 Å². The lowest BCUT2D eigenvalue weighted by atomic mass is 10.1. The Labute approximate surface area is 171 Å². The first-order valence-electron chi connectivity index (χ1n) is 10.1. The first-order valence-corrected chi connectivity index (χ1v) is 10.5. The molecular formula is C22H26ClN3O2. The van der Waals surface area contributed by atoms with E-state index in [0.717, 1.165) is 24.5 Å². The minimum Gasteiger partial charge on any atom is -0.370 e. The molecule has 2 saturated heterocycles. The summed E-state index contributed by atoms with van der Waals surface area (Å²) >= 11 is 6.31. The molecule has 1 amide bonds. The molecule has 2 fully saturated rings. The molecule has 3 heterocycles. The van der Waals surface area contributed by atoms with Crippen molar-refractivity contribution >= 4 is 23.3 Å². The summed E-state index contributed by atoms with van der Waals surface area (Å²) in [6, 6.07) is 11.5. The van der Waals surface area contributed by atoms with Crippen molar-refractivity contribution in [3.05, 3.63) is 58.7 Å². The van der Waals surface area contributed by atoms with Gasteiger partial charge in [-0.25, -0.2) is 4.98 Å². The molecule has 1 aromatic heterocycles. The highest BCUT2D eigenvalue weighted by Crippen LogP contribution is 2.29. The fourth-order valence-corrected chi connectivity index (χ4v) is 4.20. The molecule has 0 aliphatic carbocycles. The maximum absolute atomic E-state index is 13.0. The largest absolute Gasteiger partial charge is 0.370 e. The lowest BCUT2D eigenvalue weighted by Crippen LogP contribution is -2.42. The van der Waals surface area contributed by atoms with Gasteiger partial charge in [-0.05, 0) is 31.0 Å². The molecule has 0 spiro atoms. The first kappa shape index (κ1) is 19.2. The first-order chi connectivity index (χ1) is 13.7. The Hall–Kier alpha value is -2.11. The molecule has 0 N–H and O–H groups in total. The Kier molecular flexibility index (Phi) is 6.13. The van der Waals surface area contributed by atoms with E-state index in [0.29, 0.717) is 30.3 Å². The number of pyridine rings is 1.